The van der Waals surface area contributed by atoms with Crippen molar-refractivity contribution in [3.63, 3.8) is 0 Å². The van der Waals surface area contributed by atoms with Gasteiger partial charge < -0.3 is 15.2 Å². The summed E-state index contributed by atoms with van der Waals surface area (Å²) in [5, 5.41) is 6.07. The van der Waals surface area contributed by atoms with Crippen molar-refractivity contribution >= 4 is 29.2 Å². The third kappa shape index (κ3) is 4.18. The zero-order valence-electron chi connectivity index (χ0n) is 13.3. The maximum Gasteiger partial charge on any atom is 0.226 e. The molecule has 0 aromatic carbocycles. The average Bonchev–Trinajstić information content (AvgIpc) is 2.91. The Morgan fingerprint density at radius 1 is 1.16 bits per heavy atom. The number of aromatic nitrogens is 5. The zero-order chi connectivity index (χ0) is 18.0. The molecule has 0 radical (unpaired) electrons. The minimum atomic E-state index is -0.756. The fourth-order valence-corrected chi connectivity index (χ4v) is 2.34. The van der Waals surface area contributed by atoms with E-state index < -0.39 is 17.7 Å². The summed E-state index contributed by atoms with van der Waals surface area (Å²) in [6.07, 6.45) is 4.35. The summed E-state index contributed by atoms with van der Waals surface area (Å²) in [4.78, 5) is 16.2. The number of aryl methyl sites for hydroxylation is 1. The molecule has 0 spiro atoms. The van der Waals surface area contributed by atoms with Crippen LogP contribution in [0, 0.1) is 11.6 Å². The quantitative estimate of drug-likeness (QED) is 0.674. The molecule has 0 aliphatic carbocycles. The lowest BCUT2D eigenvalue weighted by molar-refractivity contribution is 0.550. The van der Waals surface area contributed by atoms with Gasteiger partial charge in [0.1, 0.15) is 28.4 Å². The van der Waals surface area contributed by atoms with E-state index in [1.807, 2.05) is 7.05 Å². The molecular formula is C15H14ClF2N7. The van der Waals surface area contributed by atoms with Crippen LogP contribution < -0.4 is 10.6 Å². The summed E-state index contributed by atoms with van der Waals surface area (Å²) in [6.45, 7) is 1.65. The Morgan fingerprint density at radius 3 is 2.64 bits per heavy atom. The highest BCUT2D eigenvalue weighted by atomic mass is 35.5. The van der Waals surface area contributed by atoms with Crippen LogP contribution in [0.3, 0.4) is 0 Å². The molecule has 0 saturated carbocycles. The first-order chi connectivity index (χ1) is 11.9. The van der Waals surface area contributed by atoms with Gasteiger partial charge in [0.15, 0.2) is 0 Å². The highest BCUT2D eigenvalue weighted by molar-refractivity contribution is 6.29. The number of halogens is 3. The van der Waals surface area contributed by atoms with Gasteiger partial charge in [-0.1, -0.05) is 11.6 Å². The lowest BCUT2D eigenvalue weighted by Crippen LogP contribution is -2.13. The van der Waals surface area contributed by atoms with E-state index in [1.54, 1.807) is 24.0 Å². The molecule has 3 rings (SSSR count). The summed E-state index contributed by atoms with van der Waals surface area (Å²) in [6, 6.07) is 1.71. The minimum absolute atomic E-state index is 0.0456. The number of imidazole rings is 1. The van der Waals surface area contributed by atoms with E-state index >= 15 is 0 Å². The second-order valence-electron chi connectivity index (χ2n) is 5.34. The SMILES string of the molecule is C[C@@H](Nc1nc(Cl)cc(Nc2cn(C)cn2)n1)c1ncc(F)cc1F. The van der Waals surface area contributed by atoms with Crippen LogP contribution in [0.4, 0.5) is 26.4 Å². The van der Waals surface area contributed by atoms with Gasteiger partial charge >= 0.3 is 0 Å². The Kier molecular flexibility index (Phi) is 4.75. The lowest BCUT2D eigenvalue weighted by atomic mass is 10.2. The Labute approximate surface area is 147 Å². The molecule has 10 heteroatoms. The van der Waals surface area contributed by atoms with Crippen LogP contribution in [0.15, 0.2) is 30.9 Å². The first kappa shape index (κ1) is 17.0. The third-order valence-corrected chi connectivity index (χ3v) is 3.44. The fourth-order valence-electron chi connectivity index (χ4n) is 2.16. The molecule has 3 heterocycles. The van der Waals surface area contributed by atoms with Crippen LogP contribution in [-0.2, 0) is 7.05 Å². The van der Waals surface area contributed by atoms with E-state index in [4.69, 9.17) is 11.6 Å². The molecule has 0 aliphatic heterocycles. The van der Waals surface area contributed by atoms with Crippen LogP contribution in [0.5, 0.6) is 0 Å². The smallest absolute Gasteiger partial charge is 0.226 e. The van der Waals surface area contributed by atoms with Crippen molar-refractivity contribution in [2.75, 3.05) is 10.6 Å². The molecule has 3 aromatic heterocycles. The monoisotopic (exact) mass is 365 g/mol. The Morgan fingerprint density at radius 2 is 1.96 bits per heavy atom. The fraction of sp³-hybridized carbons (Fsp3) is 0.200. The number of anilines is 3. The van der Waals surface area contributed by atoms with E-state index in [2.05, 4.69) is 30.6 Å². The second-order valence-corrected chi connectivity index (χ2v) is 5.72. The second kappa shape index (κ2) is 6.98. The summed E-state index contributed by atoms with van der Waals surface area (Å²) < 4.78 is 28.6. The van der Waals surface area contributed by atoms with E-state index in [0.717, 1.165) is 12.3 Å². The van der Waals surface area contributed by atoms with Gasteiger partial charge in [0, 0.05) is 25.4 Å². The van der Waals surface area contributed by atoms with Crippen molar-refractivity contribution in [1.29, 1.82) is 0 Å². The van der Waals surface area contributed by atoms with Crippen molar-refractivity contribution < 1.29 is 8.78 Å². The van der Waals surface area contributed by atoms with E-state index in [1.165, 1.54) is 6.07 Å². The van der Waals surface area contributed by atoms with Gasteiger partial charge in [-0.2, -0.15) is 4.98 Å². The van der Waals surface area contributed by atoms with E-state index in [-0.39, 0.29) is 16.8 Å². The Bertz CT molecular complexity index is 899. The highest BCUT2D eigenvalue weighted by Crippen LogP contribution is 2.22. The van der Waals surface area contributed by atoms with Gasteiger partial charge in [0.2, 0.25) is 5.95 Å². The van der Waals surface area contributed by atoms with Crippen molar-refractivity contribution in [2.45, 2.75) is 13.0 Å². The zero-order valence-corrected chi connectivity index (χ0v) is 14.1. The van der Waals surface area contributed by atoms with E-state index in [9.17, 15) is 8.78 Å². The number of rotatable bonds is 5. The average molecular weight is 366 g/mol. The largest absolute Gasteiger partial charge is 0.346 e. The van der Waals surface area contributed by atoms with E-state index in [0.29, 0.717) is 11.6 Å². The standard InChI is InChI=1S/C15H14ClF2N7/c1-8(14-10(18)3-9(17)5-19-14)21-15-22-11(16)4-12(24-15)23-13-6-25(2)7-20-13/h3-8H,1-2H3,(H2,21,22,23,24)/t8-/m1/s1. The van der Waals surface area contributed by atoms with Crippen molar-refractivity contribution in [3.8, 4) is 0 Å². The van der Waals surface area contributed by atoms with Gasteiger partial charge in [0.25, 0.3) is 0 Å². The maximum atomic E-state index is 13.8. The lowest BCUT2D eigenvalue weighted by Gasteiger charge is -2.15. The van der Waals surface area contributed by atoms with Crippen LogP contribution >= 0.6 is 11.6 Å². The maximum absolute atomic E-state index is 13.8. The molecule has 3 aromatic rings. The summed E-state index contributed by atoms with van der Waals surface area (Å²) in [7, 11) is 1.84. The first-order valence-electron chi connectivity index (χ1n) is 7.28. The van der Waals surface area contributed by atoms with Crippen LogP contribution in [0.25, 0.3) is 0 Å². The van der Waals surface area contributed by atoms with Crippen LogP contribution in [0.1, 0.15) is 18.7 Å². The van der Waals surface area contributed by atoms with Crippen molar-refractivity contribution in [2.24, 2.45) is 7.05 Å². The molecule has 7 nitrogen and oxygen atoms in total. The predicted molar refractivity (Wildman–Crippen MR) is 89.7 cm³/mol. The van der Waals surface area contributed by atoms with Gasteiger partial charge in [-0.05, 0) is 6.92 Å². The van der Waals surface area contributed by atoms with Gasteiger partial charge in [-0.15, -0.1) is 0 Å². The molecular weight excluding hydrogens is 352 g/mol. The molecule has 0 amide bonds. The van der Waals surface area contributed by atoms with Crippen molar-refractivity contribution in [3.05, 3.63) is 53.3 Å². The molecule has 0 unspecified atom stereocenters. The summed E-state index contributed by atoms with van der Waals surface area (Å²) >= 11 is 6.01. The van der Waals surface area contributed by atoms with Crippen LogP contribution in [-0.4, -0.2) is 24.5 Å². The van der Waals surface area contributed by atoms with Gasteiger partial charge in [-0.3, -0.25) is 4.98 Å². The molecule has 130 valence electrons. The van der Waals surface area contributed by atoms with Gasteiger partial charge in [0.05, 0.1) is 24.3 Å². The number of nitrogens with zero attached hydrogens (tertiary/aromatic N) is 5. The number of nitrogens with one attached hydrogen (secondary N) is 2. The molecule has 0 saturated heterocycles. The van der Waals surface area contributed by atoms with Gasteiger partial charge in [-0.25, -0.2) is 18.7 Å². The third-order valence-electron chi connectivity index (χ3n) is 3.25. The molecule has 0 fully saturated rings. The molecule has 25 heavy (non-hydrogen) atoms. The Balaban J connectivity index is 1.80. The van der Waals surface area contributed by atoms with Crippen LogP contribution in [0.2, 0.25) is 5.15 Å². The molecule has 2 N–H and O–H groups in total. The molecule has 0 bridgehead atoms. The summed E-state index contributed by atoms with van der Waals surface area (Å²) in [5.74, 6) is -0.324. The predicted octanol–water partition coefficient (Wildman–Crippen LogP) is 3.45. The number of hydrogen-bond donors (Lipinski definition) is 2. The van der Waals surface area contributed by atoms with Crippen molar-refractivity contribution in [1.82, 2.24) is 24.5 Å². The highest BCUT2D eigenvalue weighted by Gasteiger charge is 2.15. The molecule has 1 atom stereocenters. The normalized spacial score (nSPS) is 12.0. The topological polar surface area (TPSA) is 80.5 Å². The molecule has 0 aliphatic rings. The minimum Gasteiger partial charge on any atom is -0.346 e. The first-order valence-corrected chi connectivity index (χ1v) is 7.65. The number of pyridine rings is 1. The number of hydrogen-bond acceptors (Lipinski definition) is 6. The summed E-state index contributed by atoms with van der Waals surface area (Å²) in [5.41, 5.74) is 0.0456. The Hall–Kier alpha value is -2.81.